The van der Waals surface area contributed by atoms with Gasteiger partial charge in [0.25, 0.3) is 0 Å². The molecule has 2 fully saturated rings. The minimum atomic E-state index is -1.87. The lowest BCUT2D eigenvalue weighted by Gasteiger charge is -2.20. The van der Waals surface area contributed by atoms with E-state index in [1.54, 1.807) is 0 Å². The van der Waals surface area contributed by atoms with Gasteiger partial charge in [0.1, 0.15) is 12.2 Å². The molecule has 0 aromatic rings. The molecule has 0 amide bonds. The Morgan fingerprint density at radius 3 is 1.35 bits per heavy atom. The first-order valence-corrected chi connectivity index (χ1v) is 7.35. The number of carbonyl (C=O) groups excluding carboxylic acids is 2. The third-order valence-corrected chi connectivity index (χ3v) is 3.95. The molecule has 6 nitrogen and oxygen atoms in total. The lowest BCUT2D eigenvalue weighted by molar-refractivity contribution is -0.178. The van der Waals surface area contributed by atoms with E-state index in [0.29, 0.717) is 0 Å². The van der Waals surface area contributed by atoms with Crippen LogP contribution in [-0.2, 0) is 19.1 Å². The number of rotatable bonds is 5. The van der Waals surface area contributed by atoms with E-state index in [1.165, 1.54) is 0 Å². The summed E-state index contributed by atoms with van der Waals surface area (Å²) in [6, 6.07) is 0. The molecular formula is C14H22O6. The second kappa shape index (κ2) is 7.04. The Morgan fingerprint density at radius 1 is 0.750 bits per heavy atom. The topological polar surface area (TPSA) is 93.1 Å². The number of hydrogen-bond acceptors (Lipinski definition) is 6. The summed E-state index contributed by atoms with van der Waals surface area (Å²) in [7, 11) is 0. The molecule has 2 rings (SSSR count). The van der Waals surface area contributed by atoms with E-state index in [4.69, 9.17) is 9.47 Å². The summed E-state index contributed by atoms with van der Waals surface area (Å²) in [5, 5.41) is 19.3. The van der Waals surface area contributed by atoms with E-state index in [-0.39, 0.29) is 12.2 Å². The fourth-order valence-corrected chi connectivity index (χ4v) is 2.74. The van der Waals surface area contributed by atoms with E-state index < -0.39 is 24.1 Å². The van der Waals surface area contributed by atoms with E-state index in [9.17, 15) is 19.8 Å². The zero-order chi connectivity index (χ0) is 14.5. The predicted octanol–water partition coefficient (Wildman–Crippen LogP) is 0.680. The molecule has 0 aromatic carbocycles. The summed E-state index contributed by atoms with van der Waals surface area (Å²) in [4.78, 5) is 23.3. The van der Waals surface area contributed by atoms with Crippen LogP contribution in [0.1, 0.15) is 51.4 Å². The Bertz CT molecular complexity index is 310. The van der Waals surface area contributed by atoms with Gasteiger partial charge in [0.15, 0.2) is 12.2 Å². The lowest BCUT2D eigenvalue weighted by Crippen LogP contribution is -2.43. The number of carbonyl (C=O) groups is 2. The molecule has 114 valence electrons. The summed E-state index contributed by atoms with van der Waals surface area (Å²) >= 11 is 0. The minimum Gasteiger partial charge on any atom is -0.460 e. The first-order chi connectivity index (χ1) is 9.58. The summed E-state index contributed by atoms with van der Waals surface area (Å²) in [5.74, 6) is -1.90. The first kappa shape index (κ1) is 15.3. The second-order valence-electron chi connectivity index (χ2n) is 5.58. The smallest absolute Gasteiger partial charge is 0.338 e. The normalized spacial score (nSPS) is 23.5. The van der Waals surface area contributed by atoms with Gasteiger partial charge >= 0.3 is 11.9 Å². The molecule has 2 aliphatic rings. The third kappa shape index (κ3) is 3.93. The van der Waals surface area contributed by atoms with E-state index >= 15 is 0 Å². The maximum atomic E-state index is 11.6. The monoisotopic (exact) mass is 286 g/mol. The maximum Gasteiger partial charge on any atom is 0.338 e. The molecule has 0 saturated heterocycles. The van der Waals surface area contributed by atoms with Crippen molar-refractivity contribution in [2.75, 3.05) is 0 Å². The molecule has 2 saturated carbocycles. The summed E-state index contributed by atoms with van der Waals surface area (Å²) < 4.78 is 10.1. The molecular weight excluding hydrogens is 264 g/mol. The quantitative estimate of drug-likeness (QED) is 0.722. The third-order valence-electron chi connectivity index (χ3n) is 3.95. The van der Waals surface area contributed by atoms with Gasteiger partial charge in [0, 0.05) is 0 Å². The fourth-order valence-electron chi connectivity index (χ4n) is 2.74. The van der Waals surface area contributed by atoms with Gasteiger partial charge < -0.3 is 19.7 Å². The van der Waals surface area contributed by atoms with Crippen molar-refractivity contribution in [2.45, 2.75) is 75.8 Å². The van der Waals surface area contributed by atoms with Crippen molar-refractivity contribution < 1.29 is 29.3 Å². The molecule has 0 aliphatic heterocycles. The number of aliphatic hydroxyl groups is 2. The van der Waals surface area contributed by atoms with E-state index in [1.807, 2.05) is 0 Å². The van der Waals surface area contributed by atoms with Crippen molar-refractivity contribution in [1.82, 2.24) is 0 Å². The summed E-state index contributed by atoms with van der Waals surface area (Å²) in [6.45, 7) is 0. The van der Waals surface area contributed by atoms with Crippen molar-refractivity contribution in [3.05, 3.63) is 0 Å². The van der Waals surface area contributed by atoms with Crippen molar-refractivity contribution in [1.29, 1.82) is 0 Å². The largest absolute Gasteiger partial charge is 0.460 e. The number of hydrogen-bond donors (Lipinski definition) is 2. The molecule has 0 bridgehead atoms. The van der Waals surface area contributed by atoms with Crippen LogP contribution in [0, 0.1) is 0 Å². The average Bonchev–Trinajstić information content (AvgIpc) is 3.10. The zero-order valence-corrected chi connectivity index (χ0v) is 11.5. The van der Waals surface area contributed by atoms with Crippen molar-refractivity contribution in [2.24, 2.45) is 0 Å². The summed E-state index contributed by atoms with van der Waals surface area (Å²) in [5.41, 5.74) is 0. The van der Waals surface area contributed by atoms with Gasteiger partial charge in [-0.2, -0.15) is 0 Å². The highest BCUT2D eigenvalue weighted by Gasteiger charge is 2.36. The predicted molar refractivity (Wildman–Crippen MR) is 68.7 cm³/mol. The Morgan fingerprint density at radius 2 is 1.05 bits per heavy atom. The molecule has 0 spiro atoms. The highest BCUT2D eigenvalue weighted by atomic mass is 16.6. The molecule has 20 heavy (non-hydrogen) atoms. The van der Waals surface area contributed by atoms with Crippen LogP contribution in [0.15, 0.2) is 0 Å². The van der Waals surface area contributed by atoms with Crippen LogP contribution in [0.4, 0.5) is 0 Å². The molecule has 0 heterocycles. The number of ether oxygens (including phenoxy) is 2. The van der Waals surface area contributed by atoms with Crippen molar-refractivity contribution in [3.63, 3.8) is 0 Å². The van der Waals surface area contributed by atoms with Crippen LogP contribution in [0.5, 0.6) is 0 Å². The van der Waals surface area contributed by atoms with Gasteiger partial charge in [-0.1, -0.05) is 0 Å². The molecule has 2 N–H and O–H groups in total. The van der Waals surface area contributed by atoms with Crippen LogP contribution < -0.4 is 0 Å². The second-order valence-corrected chi connectivity index (χ2v) is 5.58. The van der Waals surface area contributed by atoms with Crippen LogP contribution in [0.25, 0.3) is 0 Å². The van der Waals surface area contributed by atoms with Crippen LogP contribution >= 0.6 is 0 Å². The Hall–Kier alpha value is -1.14. The Kier molecular flexibility index (Phi) is 5.37. The van der Waals surface area contributed by atoms with E-state index in [2.05, 4.69) is 0 Å². The van der Waals surface area contributed by atoms with Crippen molar-refractivity contribution in [3.8, 4) is 0 Å². The van der Waals surface area contributed by atoms with Crippen LogP contribution in [0.3, 0.4) is 0 Å². The van der Waals surface area contributed by atoms with Gasteiger partial charge in [-0.05, 0) is 51.4 Å². The van der Waals surface area contributed by atoms with E-state index in [0.717, 1.165) is 51.4 Å². The molecule has 0 aromatic heterocycles. The van der Waals surface area contributed by atoms with Crippen LogP contribution in [0.2, 0.25) is 0 Å². The highest BCUT2D eigenvalue weighted by Crippen LogP contribution is 2.23. The fraction of sp³-hybridized carbons (Fsp3) is 0.857. The number of aliphatic hydroxyl groups excluding tert-OH is 2. The zero-order valence-electron chi connectivity index (χ0n) is 11.5. The Labute approximate surface area is 118 Å². The van der Waals surface area contributed by atoms with Gasteiger partial charge in [-0.25, -0.2) is 9.59 Å². The van der Waals surface area contributed by atoms with Crippen LogP contribution in [-0.4, -0.2) is 46.6 Å². The van der Waals surface area contributed by atoms with Gasteiger partial charge in [-0.15, -0.1) is 0 Å². The first-order valence-electron chi connectivity index (χ1n) is 7.35. The minimum absolute atomic E-state index is 0.213. The van der Waals surface area contributed by atoms with Crippen molar-refractivity contribution >= 4 is 11.9 Å². The average molecular weight is 286 g/mol. The molecule has 0 radical (unpaired) electrons. The maximum absolute atomic E-state index is 11.6. The number of esters is 2. The SMILES string of the molecule is O=C(OC1CCCC1)[C@@H](O)[C@H](O)C(=O)OC1CCCC1. The highest BCUT2D eigenvalue weighted by molar-refractivity contribution is 5.85. The molecule has 2 atom stereocenters. The standard InChI is InChI=1S/C14H22O6/c15-11(13(17)19-9-5-1-2-6-9)12(16)14(18)20-10-7-3-4-8-10/h9-12,15-16H,1-8H2/t11-,12-/m0/s1. The molecule has 6 heteroatoms. The molecule has 2 aliphatic carbocycles. The lowest BCUT2D eigenvalue weighted by atomic mass is 10.2. The molecule has 0 unspecified atom stereocenters. The van der Waals surface area contributed by atoms with Gasteiger partial charge in [0.2, 0.25) is 0 Å². The Balaban J connectivity index is 1.78. The van der Waals surface area contributed by atoms with Gasteiger partial charge in [-0.3, -0.25) is 0 Å². The van der Waals surface area contributed by atoms with Gasteiger partial charge in [0.05, 0.1) is 0 Å². The summed E-state index contributed by atoms with van der Waals surface area (Å²) in [6.07, 6.45) is 2.84.